The number of halogens is 1. The number of benzene rings is 2. The largest absolute Gasteiger partial charge is 0.485 e. The molecule has 0 saturated carbocycles. The van der Waals surface area contributed by atoms with Gasteiger partial charge in [-0.05, 0) is 44.0 Å². The van der Waals surface area contributed by atoms with E-state index in [-0.39, 0.29) is 6.10 Å². The van der Waals surface area contributed by atoms with Crippen LogP contribution in [-0.4, -0.2) is 6.10 Å². The number of rotatable bonds is 5. The first-order valence-electron chi connectivity index (χ1n) is 7.39. The standard InChI is InChI=1S/C20H21ClO/c1-5-9-16-12-13-18(21)19(20(16)22-15(4)6-2)17-11-8-7-10-14(17)3/h5-13,15H,2H2,1,3-4H3/t15-/m1/s1. The Morgan fingerprint density at radius 3 is 2.55 bits per heavy atom. The highest BCUT2D eigenvalue weighted by Crippen LogP contribution is 2.41. The Balaban J connectivity index is 2.72. The van der Waals surface area contributed by atoms with Gasteiger partial charge < -0.3 is 4.74 Å². The van der Waals surface area contributed by atoms with Crippen molar-refractivity contribution in [1.29, 1.82) is 0 Å². The zero-order valence-corrected chi connectivity index (χ0v) is 14.0. The summed E-state index contributed by atoms with van der Waals surface area (Å²) in [7, 11) is 0. The van der Waals surface area contributed by atoms with Crippen molar-refractivity contribution in [3.05, 3.63) is 71.3 Å². The van der Waals surface area contributed by atoms with Gasteiger partial charge in [0.1, 0.15) is 11.9 Å². The molecule has 0 amide bonds. The quantitative estimate of drug-likeness (QED) is 0.588. The fraction of sp³-hybridized carbons (Fsp3) is 0.200. The summed E-state index contributed by atoms with van der Waals surface area (Å²) in [5.74, 6) is 0.798. The summed E-state index contributed by atoms with van der Waals surface area (Å²) < 4.78 is 6.11. The molecule has 0 aliphatic rings. The number of aryl methyl sites for hydroxylation is 1. The van der Waals surface area contributed by atoms with Crippen LogP contribution < -0.4 is 4.74 Å². The summed E-state index contributed by atoms with van der Waals surface area (Å²) in [5.41, 5.74) is 4.20. The Bertz CT molecular complexity index is 701. The highest BCUT2D eigenvalue weighted by molar-refractivity contribution is 6.34. The predicted molar refractivity (Wildman–Crippen MR) is 96.6 cm³/mol. The molecule has 0 aliphatic carbocycles. The van der Waals surface area contributed by atoms with Gasteiger partial charge in [0.2, 0.25) is 0 Å². The van der Waals surface area contributed by atoms with Crippen LogP contribution in [0, 0.1) is 6.92 Å². The molecule has 1 nitrogen and oxygen atoms in total. The molecule has 0 saturated heterocycles. The van der Waals surface area contributed by atoms with E-state index in [0.29, 0.717) is 5.02 Å². The van der Waals surface area contributed by atoms with Gasteiger partial charge in [-0.3, -0.25) is 0 Å². The second-order valence-electron chi connectivity index (χ2n) is 5.21. The van der Waals surface area contributed by atoms with Crippen molar-refractivity contribution in [2.75, 3.05) is 0 Å². The fourth-order valence-electron chi connectivity index (χ4n) is 2.35. The van der Waals surface area contributed by atoms with Crippen LogP contribution in [0.25, 0.3) is 17.2 Å². The molecule has 0 unspecified atom stereocenters. The molecule has 2 aromatic carbocycles. The lowest BCUT2D eigenvalue weighted by atomic mass is 9.97. The summed E-state index contributed by atoms with van der Waals surface area (Å²) >= 11 is 6.50. The van der Waals surface area contributed by atoms with Crippen LogP contribution in [0.15, 0.2) is 55.1 Å². The Morgan fingerprint density at radius 1 is 1.18 bits per heavy atom. The van der Waals surface area contributed by atoms with Crippen LogP contribution in [0.3, 0.4) is 0 Å². The second-order valence-corrected chi connectivity index (χ2v) is 5.62. The molecule has 0 aliphatic heterocycles. The average molecular weight is 313 g/mol. The smallest absolute Gasteiger partial charge is 0.136 e. The normalized spacial score (nSPS) is 12.4. The van der Waals surface area contributed by atoms with Crippen molar-refractivity contribution >= 4 is 17.7 Å². The molecule has 0 spiro atoms. The topological polar surface area (TPSA) is 9.23 Å². The zero-order chi connectivity index (χ0) is 16.1. The minimum atomic E-state index is -0.0924. The van der Waals surface area contributed by atoms with Gasteiger partial charge >= 0.3 is 0 Å². The first-order valence-corrected chi connectivity index (χ1v) is 7.76. The monoisotopic (exact) mass is 312 g/mol. The average Bonchev–Trinajstić information content (AvgIpc) is 2.51. The molecule has 0 N–H and O–H groups in total. The van der Waals surface area contributed by atoms with Crippen LogP contribution in [0.4, 0.5) is 0 Å². The minimum Gasteiger partial charge on any atom is -0.485 e. The van der Waals surface area contributed by atoms with Crippen LogP contribution in [-0.2, 0) is 0 Å². The van der Waals surface area contributed by atoms with Crippen molar-refractivity contribution in [1.82, 2.24) is 0 Å². The molecule has 0 bridgehead atoms. The summed E-state index contributed by atoms with van der Waals surface area (Å²) in [6.45, 7) is 9.83. The molecule has 1 atom stereocenters. The molecular weight excluding hydrogens is 292 g/mol. The number of hydrogen-bond donors (Lipinski definition) is 0. The van der Waals surface area contributed by atoms with E-state index in [1.54, 1.807) is 6.08 Å². The number of allylic oxidation sites excluding steroid dienone is 1. The Kier molecular flexibility index (Phi) is 5.46. The zero-order valence-electron chi connectivity index (χ0n) is 13.3. The summed E-state index contributed by atoms with van der Waals surface area (Å²) in [4.78, 5) is 0. The lowest BCUT2D eigenvalue weighted by molar-refractivity contribution is 0.271. The molecule has 0 heterocycles. The highest BCUT2D eigenvalue weighted by atomic mass is 35.5. The summed E-state index contributed by atoms with van der Waals surface area (Å²) in [6, 6.07) is 12.1. The van der Waals surface area contributed by atoms with Crippen LogP contribution in [0.2, 0.25) is 5.02 Å². The first-order chi connectivity index (χ1) is 10.6. The van der Waals surface area contributed by atoms with Gasteiger partial charge in [0, 0.05) is 11.1 Å². The Labute approximate surface area is 137 Å². The molecule has 22 heavy (non-hydrogen) atoms. The van der Waals surface area contributed by atoms with E-state index >= 15 is 0 Å². The van der Waals surface area contributed by atoms with E-state index in [1.165, 1.54) is 0 Å². The molecular formula is C20H21ClO. The fourth-order valence-corrected chi connectivity index (χ4v) is 2.60. The Hall–Kier alpha value is -1.99. The second kappa shape index (κ2) is 7.33. The van der Waals surface area contributed by atoms with Gasteiger partial charge in [0.05, 0.1) is 5.02 Å². The summed E-state index contributed by atoms with van der Waals surface area (Å²) in [6.07, 6.45) is 5.71. The van der Waals surface area contributed by atoms with Gasteiger partial charge in [0.25, 0.3) is 0 Å². The highest BCUT2D eigenvalue weighted by Gasteiger charge is 2.17. The van der Waals surface area contributed by atoms with Crippen molar-refractivity contribution in [2.45, 2.75) is 26.9 Å². The van der Waals surface area contributed by atoms with Crippen molar-refractivity contribution in [3.63, 3.8) is 0 Å². The number of hydrogen-bond acceptors (Lipinski definition) is 1. The van der Waals surface area contributed by atoms with E-state index in [2.05, 4.69) is 25.6 Å². The SMILES string of the molecule is C=C[C@@H](C)Oc1c(C=CC)ccc(Cl)c1-c1ccccc1C. The van der Waals surface area contributed by atoms with E-state index in [1.807, 2.05) is 50.3 Å². The van der Waals surface area contributed by atoms with Gasteiger partial charge in [-0.1, -0.05) is 60.7 Å². The third-order valence-corrected chi connectivity index (χ3v) is 3.85. The molecule has 0 radical (unpaired) electrons. The maximum atomic E-state index is 6.50. The lowest BCUT2D eigenvalue weighted by Gasteiger charge is -2.20. The number of ether oxygens (including phenoxy) is 1. The lowest BCUT2D eigenvalue weighted by Crippen LogP contribution is -2.09. The third kappa shape index (κ3) is 3.42. The van der Waals surface area contributed by atoms with Gasteiger partial charge in [-0.15, -0.1) is 0 Å². The molecule has 114 valence electrons. The van der Waals surface area contributed by atoms with E-state index in [9.17, 15) is 0 Å². The van der Waals surface area contributed by atoms with Gasteiger partial charge in [-0.2, -0.15) is 0 Å². The summed E-state index contributed by atoms with van der Waals surface area (Å²) in [5, 5.41) is 0.689. The van der Waals surface area contributed by atoms with Crippen molar-refractivity contribution < 1.29 is 4.74 Å². The van der Waals surface area contributed by atoms with Crippen LogP contribution in [0.1, 0.15) is 25.0 Å². The van der Waals surface area contributed by atoms with Crippen molar-refractivity contribution in [2.24, 2.45) is 0 Å². The predicted octanol–water partition coefficient (Wildman–Crippen LogP) is 6.30. The Morgan fingerprint density at radius 2 is 1.91 bits per heavy atom. The third-order valence-electron chi connectivity index (χ3n) is 3.53. The van der Waals surface area contributed by atoms with Gasteiger partial charge in [-0.25, -0.2) is 0 Å². The molecule has 2 heteroatoms. The molecule has 2 rings (SSSR count). The van der Waals surface area contributed by atoms with Crippen LogP contribution >= 0.6 is 11.6 Å². The molecule has 2 aromatic rings. The minimum absolute atomic E-state index is 0.0924. The maximum Gasteiger partial charge on any atom is 0.136 e. The maximum absolute atomic E-state index is 6.50. The van der Waals surface area contributed by atoms with E-state index < -0.39 is 0 Å². The van der Waals surface area contributed by atoms with E-state index in [0.717, 1.165) is 28.0 Å². The molecule has 0 fully saturated rings. The van der Waals surface area contributed by atoms with Gasteiger partial charge in [0.15, 0.2) is 0 Å². The van der Waals surface area contributed by atoms with Crippen LogP contribution in [0.5, 0.6) is 5.75 Å². The first kappa shape index (κ1) is 16.4. The van der Waals surface area contributed by atoms with Crippen molar-refractivity contribution in [3.8, 4) is 16.9 Å². The molecule has 0 aromatic heterocycles. The van der Waals surface area contributed by atoms with E-state index in [4.69, 9.17) is 16.3 Å².